The van der Waals surface area contributed by atoms with Gasteiger partial charge in [-0.25, -0.2) is 9.37 Å². The molecule has 2 aromatic rings. The van der Waals surface area contributed by atoms with E-state index in [0.717, 1.165) is 12.3 Å². The molecule has 0 radical (unpaired) electrons. The molecule has 30 heavy (non-hydrogen) atoms. The lowest BCUT2D eigenvalue weighted by Crippen LogP contribution is -2.56. The van der Waals surface area contributed by atoms with Crippen LogP contribution in [0.4, 0.5) is 18.9 Å². The average molecular weight is 440 g/mol. The number of benzene rings is 1. The third-order valence-corrected chi connectivity index (χ3v) is 6.61. The van der Waals surface area contributed by atoms with Crippen LogP contribution < -0.4 is 15.4 Å². The first-order valence-corrected chi connectivity index (χ1v) is 10.2. The number of carbonyl (C=O) groups is 1. The maximum atomic E-state index is 14.4. The van der Waals surface area contributed by atoms with Crippen LogP contribution in [0.2, 0.25) is 0 Å². The minimum Gasteiger partial charge on any atom is -0.616 e. The Morgan fingerprint density at radius 2 is 2.13 bits per heavy atom. The van der Waals surface area contributed by atoms with E-state index in [1.165, 1.54) is 24.3 Å². The van der Waals surface area contributed by atoms with Crippen molar-refractivity contribution >= 4 is 28.6 Å². The van der Waals surface area contributed by atoms with Crippen molar-refractivity contribution in [3.63, 3.8) is 0 Å². The standard InChI is InChI=1S/C19H19F3N4O3S/c1-19(2)17(23)26-15(9-30(19)28)12-7-10(3-5-13(12)20)25-16(27)14-6-4-11(8-24-14)29-18(21)22/h3-8,15,18H,9H2,1-2H3,(H2,23,26)(H,25,27). The number of nitrogens with zero attached hydrogens (tertiary/aromatic N) is 1. The maximum Gasteiger partial charge on any atom is 0.387 e. The van der Waals surface area contributed by atoms with E-state index < -0.39 is 40.3 Å². The van der Waals surface area contributed by atoms with Crippen LogP contribution in [0.15, 0.2) is 36.5 Å². The monoisotopic (exact) mass is 440 g/mol. The molecule has 1 aliphatic rings. The summed E-state index contributed by atoms with van der Waals surface area (Å²) in [6.45, 7) is 0.345. The Morgan fingerprint density at radius 1 is 1.40 bits per heavy atom. The number of ether oxygens (including phenoxy) is 1. The van der Waals surface area contributed by atoms with Gasteiger partial charge in [0.15, 0.2) is 10.6 Å². The maximum absolute atomic E-state index is 14.4. The zero-order chi connectivity index (χ0) is 22.1. The fraction of sp³-hybridized carbons (Fsp3) is 0.316. The molecular formula is C19H19F3N4O3S. The van der Waals surface area contributed by atoms with E-state index in [-0.39, 0.29) is 34.3 Å². The highest BCUT2D eigenvalue weighted by Crippen LogP contribution is 2.31. The minimum absolute atomic E-state index is 0.0428. The lowest BCUT2D eigenvalue weighted by Gasteiger charge is -2.38. The Bertz CT molecular complexity index is 957. The number of pyridine rings is 1. The van der Waals surface area contributed by atoms with E-state index in [9.17, 15) is 22.5 Å². The van der Waals surface area contributed by atoms with Gasteiger partial charge >= 0.3 is 6.61 Å². The predicted octanol–water partition coefficient (Wildman–Crippen LogP) is 3.22. The highest BCUT2D eigenvalue weighted by molar-refractivity contribution is 7.93. The lowest BCUT2D eigenvalue weighted by molar-refractivity contribution is -0.0500. The highest BCUT2D eigenvalue weighted by Gasteiger charge is 2.44. The second-order valence-corrected chi connectivity index (χ2v) is 9.09. The second-order valence-electron chi connectivity index (χ2n) is 7.04. The van der Waals surface area contributed by atoms with Crippen molar-refractivity contribution in [2.24, 2.45) is 0 Å². The molecule has 1 aromatic heterocycles. The molecule has 2 heterocycles. The Balaban J connectivity index is 1.75. The Kier molecular flexibility index (Phi) is 6.22. The first-order valence-electron chi connectivity index (χ1n) is 8.83. The molecule has 0 bridgehead atoms. The van der Waals surface area contributed by atoms with Crippen molar-refractivity contribution in [3.05, 3.63) is 53.6 Å². The number of hydrogen-bond acceptors (Lipinski definition) is 5. The van der Waals surface area contributed by atoms with E-state index in [2.05, 4.69) is 20.4 Å². The van der Waals surface area contributed by atoms with Gasteiger partial charge in [0.25, 0.3) is 5.91 Å². The minimum atomic E-state index is -3.00. The van der Waals surface area contributed by atoms with Gasteiger partial charge in [0.2, 0.25) is 0 Å². The summed E-state index contributed by atoms with van der Waals surface area (Å²) >= 11 is -1.39. The normalized spacial score (nSPS) is 20.6. The van der Waals surface area contributed by atoms with E-state index >= 15 is 0 Å². The van der Waals surface area contributed by atoms with Crippen molar-refractivity contribution in [1.29, 1.82) is 5.41 Å². The molecule has 0 saturated carbocycles. The molecule has 160 valence electrons. The summed E-state index contributed by atoms with van der Waals surface area (Å²) in [5, 5.41) is 13.5. The third kappa shape index (κ3) is 4.68. The predicted molar refractivity (Wildman–Crippen MR) is 106 cm³/mol. The van der Waals surface area contributed by atoms with Gasteiger partial charge in [-0.05, 0) is 55.4 Å². The molecule has 2 unspecified atom stereocenters. The van der Waals surface area contributed by atoms with Gasteiger partial charge in [0, 0.05) is 11.3 Å². The molecular weight excluding hydrogens is 421 g/mol. The van der Waals surface area contributed by atoms with Crippen LogP contribution in [0.1, 0.15) is 35.9 Å². The number of carbonyl (C=O) groups excluding carboxylic acids is 1. The first kappa shape index (κ1) is 21.9. The molecule has 1 aromatic carbocycles. The van der Waals surface area contributed by atoms with Crippen molar-refractivity contribution in [3.8, 4) is 5.75 Å². The van der Waals surface area contributed by atoms with Crippen molar-refractivity contribution in [1.82, 2.24) is 10.3 Å². The number of rotatable bonds is 5. The summed E-state index contributed by atoms with van der Waals surface area (Å²) in [7, 11) is 0. The largest absolute Gasteiger partial charge is 0.616 e. The van der Waals surface area contributed by atoms with Crippen LogP contribution in [-0.4, -0.2) is 38.4 Å². The van der Waals surface area contributed by atoms with Crippen LogP contribution >= 0.6 is 0 Å². The summed E-state index contributed by atoms with van der Waals surface area (Å²) in [5.41, 5.74) is 0.369. The van der Waals surface area contributed by atoms with Crippen molar-refractivity contribution in [2.75, 3.05) is 11.1 Å². The summed E-state index contributed by atoms with van der Waals surface area (Å²) in [6.07, 6.45) is 0.992. The third-order valence-electron chi connectivity index (χ3n) is 4.63. The van der Waals surface area contributed by atoms with Gasteiger partial charge in [-0.2, -0.15) is 8.78 Å². The van der Waals surface area contributed by atoms with Crippen LogP contribution in [0.25, 0.3) is 0 Å². The summed E-state index contributed by atoms with van der Waals surface area (Å²) < 4.78 is 54.5. The van der Waals surface area contributed by atoms with Crippen molar-refractivity contribution in [2.45, 2.75) is 31.2 Å². The number of amides is 1. The number of alkyl halides is 2. The molecule has 0 spiro atoms. The quantitative estimate of drug-likeness (QED) is 0.619. The van der Waals surface area contributed by atoms with E-state index in [4.69, 9.17) is 5.41 Å². The number of anilines is 1. The first-order chi connectivity index (χ1) is 14.1. The van der Waals surface area contributed by atoms with Crippen molar-refractivity contribution < 1.29 is 27.3 Å². The molecule has 1 fully saturated rings. The van der Waals surface area contributed by atoms with Crippen LogP contribution in [0.5, 0.6) is 5.75 Å². The molecule has 11 heteroatoms. The zero-order valence-corrected chi connectivity index (χ0v) is 16.9. The molecule has 1 saturated heterocycles. The van der Waals surface area contributed by atoms with Gasteiger partial charge in [0.1, 0.15) is 29.1 Å². The molecule has 2 atom stereocenters. The smallest absolute Gasteiger partial charge is 0.387 e. The van der Waals surface area contributed by atoms with Gasteiger partial charge < -0.3 is 19.9 Å². The number of nitrogens with one attached hydrogen (secondary N) is 3. The van der Waals surface area contributed by atoms with Gasteiger partial charge in [0.05, 0.1) is 6.20 Å². The number of hydrogen-bond donors (Lipinski definition) is 3. The van der Waals surface area contributed by atoms with E-state index in [0.29, 0.717) is 0 Å². The van der Waals surface area contributed by atoms with E-state index in [1.807, 2.05) is 0 Å². The Labute approximate surface area is 173 Å². The molecule has 3 N–H and O–H groups in total. The van der Waals surface area contributed by atoms with Gasteiger partial charge in [-0.3, -0.25) is 10.2 Å². The van der Waals surface area contributed by atoms with E-state index in [1.54, 1.807) is 13.8 Å². The molecule has 7 nitrogen and oxygen atoms in total. The topological polar surface area (TPSA) is 110 Å². The average Bonchev–Trinajstić information content (AvgIpc) is 2.67. The molecule has 3 rings (SSSR count). The van der Waals surface area contributed by atoms with Crippen LogP contribution in [0.3, 0.4) is 0 Å². The number of aromatic nitrogens is 1. The van der Waals surface area contributed by atoms with Crippen LogP contribution in [0, 0.1) is 11.2 Å². The van der Waals surface area contributed by atoms with Gasteiger partial charge in [-0.1, -0.05) is 0 Å². The fourth-order valence-corrected chi connectivity index (χ4v) is 4.07. The summed E-state index contributed by atoms with van der Waals surface area (Å²) in [5.74, 6) is -1.24. The molecule has 1 amide bonds. The Hall–Kier alpha value is -2.79. The molecule has 0 aliphatic carbocycles. The highest BCUT2D eigenvalue weighted by atomic mass is 32.2. The molecule has 1 aliphatic heterocycles. The summed E-state index contributed by atoms with van der Waals surface area (Å²) in [4.78, 5) is 16.1. The SMILES string of the molecule is CC1(C)C(=N)NC(c2cc(NC(=O)c3ccc(OC(F)F)cn3)ccc2F)C[S+]1[O-]. The zero-order valence-electron chi connectivity index (χ0n) is 16.0. The lowest BCUT2D eigenvalue weighted by atomic mass is 10.0. The second kappa shape index (κ2) is 8.52. The Morgan fingerprint density at radius 3 is 2.73 bits per heavy atom. The fourth-order valence-electron chi connectivity index (χ4n) is 2.80. The summed E-state index contributed by atoms with van der Waals surface area (Å²) in [6, 6.07) is 5.60. The van der Waals surface area contributed by atoms with Gasteiger partial charge in [-0.15, -0.1) is 0 Å². The number of amidine groups is 1. The number of halogens is 3. The van der Waals surface area contributed by atoms with Crippen LogP contribution in [-0.2, 0) is 11.2 Å².